The summed E-state index contributed by atoms with van der Waals surface area (Å²) in [6.07, 6.45) is 0. The number of carbonyl (C=O) groups excluding carboxylic acids is 2. The fourth-order valence-electron chi connectivity index (χ4n) is 1.16. The van der Waals surface area contributed by atoms with Gasteiger partial charge in [0.2, 0.25) is 0 Å². The van der Waals surface area contributed by atoms with Gasteiger partial charge in [0.15, 0.2) is 5.78 Å². The van der Waals surface area contributed by atoms with Crippen LogP contribution in [0.1, 0.15) is 31.1 Å². The monoisotopic (exact) mass is 345 g/mol. The van der Waals surface area contributed by atoms with Crippen LogP contribution < -0.4 is 5.32 Å². The summed E-state index contributed by atoms with van der Waals surface area (Å²) in [7, 11) is 0. The highest BCUT2D eigenvalue weighted by molar-refractivity contribution is 14.1. The number of hydrogen-bond donors (Lipinski definition) is 1. The summed E-state index contributed by atoms with van der Waals surface area (Å²) < 4.78 is 0.998. The average molecular weight is 345 g/mol. The fraction of sp³-hybridized carbons (Fsp3) is 0.385. The summed E-state index contributed by atoms with van der Waals surface area (Å²) in [4.78, 5) is 23.4. The Hall–Kier alpha value is -0.910. The molecule has 0 aromatic heterocycles. The van der Waals surface area contributed by atoms with Crippen molar-refractivity contribution in [1.29, 1.82) is 0 Å². The maximum atomic E-state index is 11.8. The molecule has 0 heterocycles. The first kappa shape index (κ1) is 14.2. The Bertz CT molecular complexity index is 435. The lowest BCUT2D eigenvalue weighted by Gasteiger charge is -2.16. The van der Waals surface area contributed by atoms with E-state index in [0.717, 1.165) is 3.57 Å². The van der Waals surface area contributed by atoms with Crippen molar-refractivity contribution < 1.29 is 9.59 Å². The van der Waals surface area contributed by atoms with Gasteiger partial charge < -0.3 is 5.32 Å². The highest BCUT2D eigenvalue weighted by Crippen LogP contribution is 2.13. The van der Waals surface area contributed by atoms with Crippen molar-refractivity contribution in [3.8, 4) is 0 Å². The van der Waals surface area contributed by atoms with E-state index in [-0.39, 0.29) is 18.2 Å². The number of rotatable bonds is 3. The average Bonchev–Trinajstić information content (AvgIpc) is 2.24. The minimum Gasteiger partial charge on any atom is -0.345 e. The highest BCUT2D eigenvalue weighted by atomic mass is 127. The van der Waals surface area contributed by atoms with Crippen LogP contribution in [0.3, 0.4) is 0 Å². The van der Waals surface area contributed by atoms with Crippen LogP contribution in [-0.2, 0) is 4.79 Å². The molecule has 92 valence electrons. The van der Waals surface area contributed by atoms with Crippen molar-refractivity contribution in [2.45, 2.75) is 20.8 Å². The third-order valence-corrected chi connectivity index (χ3v) is 3.00. The molecule has 0 bridgehead atoms. The van der Waals surface area contributed by atoms with Crippen LogP contribution in [0.5, 0.6) is 0 Å². The molecule has 4 heteroatoms. The van der Waals surface area contributed by atoms with Gasteiger partial charge in [0.25, 0.3) is 5.91 Å². The molecular formula is C13H16INO2. The van der Waals surface area contributed by atoms with Gasteiger partial charge in [-0.2, -0.15) is 0 Å². The number of halogens is 1. The van der Waals surface area contributed by atoms with Crippen LogP contribution in [0.25, 0.3) is 0 Å². The minimum atomic E-state index is -0.418. The quantitative estimate of drug-likeness (QED) is 0.856. The van der Waals surface area contributed by atoms with Gasteiger partial charge in [0.05, 0.1) is 6.54 Å². The summed E-state index contributed by atoms with van der Waals surface area (Å²) in [5.74, 6) is -0.183. The summed E-state index contributed by atoms with van der Waals surface area (Å²) in [5, 5.41) is 2.64. The topological polar surface area (TPSA) is 46.2 Å². The SMILES string of the molecule is CC(C)(C)C(=O)CNC(=O)c1cccc(I)c1. The van der Waals surface area contributed by atoms with Crippen LogP contribution >= 0.6 is 22.6 Å². The molecule has 0 radical (unpaired) electrons. The van der Waals surface area contributed by atoms with E-state index < -0.39 is 5.41 Å². The Balaban J connectivity index is 2.60. The number of hydrogen-bond acceptors (Lipinski definition) is 2. The van der Waals surface area contributed by atoms with Crippen molar-refractivity contribution in [1.82, 2.24) is 5.32 Å². The van der Waals surface area contributed by atoms with E-state index in [0.29, 0.717) is 5.56 Å². The van der Waals surface area contributed by atoms with Crippen LogP contribution in [0.15, 0.2) is 24.3 Å². The number of Topliss-reactive ketones (excluding diaryl/α,β-unsaturated/α-hetero) is 1. The molecule has 0 aliphatic heterocycles. The zero-order valence-electron chi connectivity index (χ0n) is 10.2. The summed E-state index contributed by atoms with van der Waals surface area (Å²) in [6, 6.07) is 7.26. The third kappa shape index (κ3) is 4.46. The molecule has 0 spiro atoms. The minimum absolute atomic E-state index is 0.0245. The highest BCUT2D eigenvalue weighted by Gasteiger charge is 2.21. The molecule has 1 aromatic carbocycles. The van der Waals surface area contributed by atoms with E-state index in [4.69, 9.17) is 0 Å². The second kappa shape index (κ2) is 5.62. The smallest absolute Gasteiger partial charge is 0.251 e. The van der Waals surface area contributed by atoms with Crippen molar-refractivity contribution >= 4 is 34.3 Å². The number of benzene rings is 1. The third-order valence-electron chi connectivity index (χ3n) is 2.33. The first-order chi connectivity index (χ1) is 7.80. The molecule has 1 amide bonds. The van der Waals surface area contributed by atoms with E-state index in [9.17, 15) is 9.59 Å². The van der Waals surface area contributed by atoms with Gasteiger partial charge in [-0.1, -0.05) is 26.8 Å². The van der Waals surface area contributed by atoms with Gasteiger partial charge >= 0.3 is 0 Å². The summed E-state index contributed by atoms with van der Waals surface area (Å²) in [5.41, 5.74) is 0.164. The second-order valence-corrected chi connectivity index (χ2v) is 6.11. The Morgan fingerprint density at radius 1 is 1.29 bits per heavy atom. The molecule has 17 heavy (non-hydrogen) atoms. The van der Waals surface area contributed by atoms with Crippen LogP contribution in [0, 0.1) is 8.99 Å². The van der Waals surface area contributed by atoms with E-state index in [1.54, 1.807) is 12.1 Å². The molecule has 1 rings (SSSR count). The van der Waals surface area contributed by atoms with E-state index in [2.05, 4.69) is 27.9 Å². The lowest BCUT2D eigenvalue weighted by atomic mass is 9.91. The summed E-state index contributed by atoms with van der Waals surface area (Å²) in [6.45, 7) is 5.60. The zero-order chi connectivity index (χ0) is 13.1. The molecule has 0 aliphatic carbocycles. The Morgan fingerprint density at radius 2 is 1.94 bits per heavy atom. The van der Waals surface area contributed by atoms with Gasteiger partial charge in [0.1, 0.15) is 0 Å². The van der Waals surface area contributed by atoms with Crippen molar-refractivity contribution in [3.63, 3.8) is 0 Å². The lowest BCUT2D eigenvalue weighted by molar-refractivity contribution is -0.125. The predicted octanol–water partition coefficient (Wildman–Crippen LogP) is 2.64. The molecule has 0 unspecified atom stereocenters. The second-order valence-electron chi connectivity index (χ2n) is 4.87. The standard InChI is InChI=1S/C13H16INO2/c1-13(2,3)11(16)8-15-12(17)9-5-4-6-10(14)7-9/h4-7H,8H2,1-3H3,(H,15,17). The molecule has 3 nitrogen and oxygen atoms in total. The number of nitrogens with one attached hydrogen (secondary N) is 1. The number of carbonyl (C=O) groups is 2. The van der Waals surface area contributed by atoms with Gasteiger partial charge in [-0.3, -0.25) is 9.59 Å². The van der Waals surface area contributed by atoms with Crippen molar-refractivity contribution in [3.05, 3.63) is 33.4 Å². The Labute approximate surface area is 115 Å². The van der Waals surface area contributed by atoms with Crippen LogP contribution in [0.2, 0.25) is 0 Å². The van der Waals surface area contributed by atoms with Crippen LogP contribution in [-0.4, -0.2) is 18.2 Å². The molecule has 0 fully saturated rings. The molecule has 0 saturated carbocycles. The van der Waals surface area contributed by atoms with Gasteiger partial charge in [0, 0.05) is 14.5 Å². The van der Waals surface area contributed by atoms with Gasteiger partial charge in [-0.05, 0) is 40.8 Å². The van der Waals surface area contributed by atoms with Crippen molar-refractivity contribution in [2.24, 2.45) is 5.41 Å². The van der Waals surface area contributed by atoms with Crippen LogP contribution in [0.4, 0.5) is 0 Å². The maximum absolute atomic E-state index is 11.8. The zero-order valence-corrected chi connectivity index (χ0v) is 12.4. The van der Waals surface area contributed by atoms with E-state index >= 15 is 0 Å². The molecule has 1 aromatic rings. The molecule has 0 atom stereocenters. The van der Waals surface area contributed by atoms with E-state index in [1.807, 2.05) is 32.9 Å². The van der Waals surface area contributed by atoms with Gasteiger partial charge in [-0.15, -0.1) is 0 Å². The first-order valence-electron chi connectivity index (χ1n) is 5.38. The summed E-state index contributed by atoms with van der Waals surface area (Å²) >= 11 is 2.15. The predicted molar refractivity (Wildman–Crippen MR) is 76.0 cm³/mol. The first-order valence-corrected chi connectivity index (χ1v) is 6.45. The van der Waals surface area contributed by atoms with Crippen molar-refractivity contribution in [2.75, 3.05) is 6.54 Å². The Morgan fingerprint density at radius 3 is 2.47 bits per heavy atom. The van der Waals surface area contributed by atoms with E-state index in [1.165, 1.54) is 0 Å². The van der Waals surface area contributed by atoms with Gasteiger partial charge in [-0.25, -0.2) is 0 Å². The Kier molecular flexibility index (Phi) is 4.68. The fourth-order valence-corrected chi connectivity index (χ4v) is 1.70. The molecule has 0 aliphatic rings. The normalized spacial score (nSPS) is 11.1. The lowest BCUT2D eigenvalue weighted by Crippen LogP contribution is -2.35. The number of ketones is 1. The molecular weight excluding hydrogens is 329 g/mol. The number of amides is 1. The maximum Gasteiger partial charge on any atom is 0.251 e. The molecule has 0 saturated heterocycles. The molecule has 1 N–H and O–H groups in total. The largest absolute Gasteiger partial charge is 0.345 e.